The molecule has 0 radical (unpaired) electrons. The largest absolute Gasteiger partial charge is 0.391 e. The first-order valence-corrected chi connectivity index (χ1v) is 8.64. The lowest BCUT2D eigenvalue weighted by molar-refractivity contribution is 0.225. The van der Waals surface area contributed by atoms with Crippen LogP contribution in [0.15, 0.2) is 8.68 Å². The predicted molar refractivity (Wildman–Crippen MR) is 77.7 cm³/mol. The fourth-order valence-corrected chi connectivity index (χ4v) is 3.95. The van der Waals surface area contributed by atoms with Crippen molar-refractivity contribution in [2.24, 2.45) is 5.73 Å². The van der Waals surface area contributed by atoms with Gasteiger partial charge in [0.2, 0.25) is 0 Å². The van der Waals surface area contributed by atoms with E-state index in [1.807, 2.05) is 6.26 Å². The highest BCUT2D eigenvalue weighted by atomic mass is 32.2. The highest BCUT2D eigenvalue weighted by Gasteiger charge is 2.09. The molecule has 0 aliphatic carbocycles. The average molecular weight is 314 g/mol. The minimum atomic E-state index is -0.432. The van der Waals surface area contributed by atoms with Crippen molar-refractivity contribution in [2.75, 3.05) is 17.8 Å². The number of aromatic nitrogens is 2. The van der Waals surface area contributed by atoms with Gasteiger partial charge in [-0.3, -0.25) is 0 Å². The maximum absolute atomic E-state index is 9.62. The van der Waals surface area contributed by atoms with Crippen molar-refractivity contribution in [1.82, 2.24) is 10.2 Å². The SMILES string of the molecule is CSc1nnc(SCC(O)CSC(N)=S)s1. The Bertz CT molecular complexity index is 345. The van der Waals surface area contributed by atoms with E-state index >= 15 is 0 Å². The fourth-order valence-electron chi connectivity index (χ4n) is 0.732. The maximum atomic E-state index is 9.62. The summed E-state index contributed by atoms with van der Waals surface area (Å²) in [5.74, 6) is 1.11. The van der Waals surface area contributed by atoms with Crippen LogP contribution in [-0.4, -0.2) is 43.5 Å². The molecule has 9 heteroatoms. The Balaban J connectivity index is 2.25. The predicted octanol–water partition coefficient (Wildman–Crippen LogP) is 1.69. The van der Waals surface area contributed by atoms with E-state index in [1.165, 1.54) is 34.9 Å². The van der Waals surface area contributed by atoms with Crippen LogP contribution in [-0.2, 0) is 0 Å². The Hall–Kier alpha value is 0.460. The molecule has 16 heavy (non-hydrogen) atoms. The van der Waals surface area contributed by atoms with Crippen LogP contribution >= 0.6 is 58.8 Å². The second kappa shape index (κ2) is 7.72. The van der Waals surface area contributed by atoms with E-state index < -0.39 is 6.10 Å². The summed E-state index contributed by atoms with van der Waals surface area (Å²) in [5.41, 5.74) is 5.32. The Labute approximate surface area is 116 Å². The summed E-state index contributed by atoms with van der Waals surface area (Å²) in [6.45, 7) is 0. The first-order chi connectivity index (χ1) is 7.61. The zero-order valence-corrected chi connectivity index (χ0v) is 12.5. The third-order valence-electron chi connectivity index (χ3n) is 1.38. The zero-order chi connectivity index (χ0) is 12.0. The molecule has 0 saturated heterocycles. The number of rotatable bonds is 6. The van der Waals surface area contributed by atoms with Crippen LogP contribution < -0.4 is 5.73 Å². The molecular formula is C7H11N3OS5. The number of thiocarbonyl (C=S) groups is 1. The minimum Gasteiger partial charge on any atom is -0.391 e. The van der Waals surface area contributed by atoms with Gasteiger partial charge < -0.3 is 10.8 Å². The molecule has 0 amide bonds. The molecule has 0 bridgehead atoms. The summed E-state index contributed by atoms with van der Waals surface area (Å²) >= 11 is 10.6. The Kier molecular flexibility index (Phi) is 7.01. The van der Waals surface area contributed by atoms with E-state index in [0.717, 1.165) is 8.68 Å². The van der Waals surface area contributed by atoms with Gasteiger partial charge in [-0.05, 0) is 6.26 Å². The minimum absolute atomic E-state index is 0.365. The quantitative estimate of drug-likeness (QED) is 0.607. The second-order valence-electron chi connectivity index (χ2n) is 2.63. The topological polar surface area (TPSA) is 72.0 Å². The molecular weight excluding hydrogens is 302 g/mol. The standard InChI is InChI=1S/C7H11N3OS5/c1-13-6-9-10-7(16-6)15-3-4(11)2-14-5(8)12/h4,11H,2-3H2,1H3,(H2,8,12). The summed E-state index contributed by atoms with van der Waals surface area (Å²) in [4.78, 5) is 0. The maximum Gasteiger partial charge on any atom is 0.175 e. The molecule has 0 fully saturated rings. The summed E-state index contributed by atoms with van der Waals surface area (Å²) in [7, 11) is 0. The van der Waals surface area contributed by atoms with Crippen molar-refractivity contribution in [2.45, 2.75) is 14.8 Å². The van der Waals surface area contributed by atoms with Gasteiger partial charge in [0.05, 0.1) is 6.10 Å². The smallest absolute Gasteiger partial charge is 0.175 e. The molecule has 1 aromatic heterocycles. The van der Waals surface area contributed by atoms with Crippen LogP contribution in [0, 0.1) is 0 Å². The normalized spacial score (nSPS) is 12.6. The van der Waals surface area contributed by atoms with Gasteiger partial charge in [-0.1, -0.05) is 58.8 Å². The van der Waals surface area contributed by atoms with Gasteiger partial charge in [0.15, 0.2) is 8.68 Å². The monoisotopic (exact) mass is 313 g/mol. The summed E-state index contributed by atoms with van der Waals surface area (Å²) in [5, 5.41) is 17.6. The van der Waals surface area contributed by atoms with Crippen LogP contribution in [0.3, 0.4) is 0 Å². The molecule has 1 heterocycles. The lowest BCUT2D eigenvalue weighted by atomic mass is 10.5. The van der Waals surface area contributed by atoms with Gasteiger partial charge >= 0.3 is 0 Å². The molecule has 90 valence electrons. The van der Waals surface area contributed by atoms with E-state index in [-0.39, 0.29) is 0 Å². The molecule has 0 spiro atoms. The van der Waals surface area contributed by atoms with Crippen molar-refractivity contribution in [3.05, 3.63) is 0 Å². The number of aliphatic hydroxyl groups is 1. The summed E-state index contributed by atoms with van der Waals surface area (Å²) < 4.78 is 2.18. The third kappa shape index (κ3) is 5.69. The first kappa shape index (κ1) is 14.5. The van der Waals surface area contributed by atoms with E-state index in [9.17, 15) is 5.11 Å². The molecule has 4 nitrogen and oxygen atoms in total. The molecule has 1 unspecified atom stereocenters. The van der Waals surface area contributed by atoms with E-state index in [4.69, 9.17) is 18.0 Å². The van der Waals surface area contributed by atoms with E-state index in [1.54, 1.807) is 11.8 Å². The van der Waals surface area contributed by atoms with Gasteiger partial charge in [0.1, 0.15) is 4.32 Å². The third-order valence-corrected chi connectivity index (χ3v) is 5.75. The molecule has 1 rings (SSSR count). The van der Waals surface area contributed by atoms with Crippen molar-refractivity contribution in [3.63, 3.8) is 0 Å². The van der Waals surface area contributed by atoms with Gasteiger partial charge in [0, 0.05) is 11.5 Å². The van der Waals surface area contributed by atoms with E-state index in [0.29, 0.717) is 15.8 Å². The van der Waals surface area contributed by atoms with Crippen molar-refractivity contribution < 1.29 is 5.11 Å². The summed E-state index contributed by atoms with van der Waals surface area (Å²) in [6, 6.07) is 0. The van der Waals surface area contributed by atoms with Crippen molar-refractivity contribution in [3.8, 4) is 0 Å². The molecule has 3 N–H and O–H groups in total. The molecule has 0 saturated carbocycles. The van der Waals surface area contributed by atoms with E-state index in [2.05, 4.69) is 10.2 Å². The van der Waals surface area contributed by atoms with Crippen LogP contribution in [0.4, 0.5) is 0 Å². The number of hydrogen-bond acceptors (Lipinski definition) is 8. The highest BCUT2D eigenvalue weighted by Crippen LogP contribution is 2.27. The Morgan fingerprint density at radius 1 is 1.50 bits per heavy atom. The molecule has 0 aliphatic heterocycles. The number of nitrogens with zero attached hydrogens (tertiary/aromatic N) is 2. The van der Waals surface area contributed by atoms with Crippen LogP contribution in [0.25, 0.3) is 0 Å². The zero-order valence-electron chi connectivity index (χ0n) is 8.45. The average Bonchev–Trinajstić information content (AvgIpc) is 2.71. The Morgan fingerprint density at radius 2 is 2.19 bits per heavy atom. The van der Waals surface area contributed by atoms with Gasteiger partial charge in [-0.2, -0.15) is 0 Å². The molecule has 1 atom stereocenters. The molecule has 0 aromatic carbocycles. The van der Waals surface area contributed by atoms with Crippen LogP contribution in [0.5, 0.6) is 0 Å². The van der Waals surface area contributed by atoms with Crippen molar-refractivity contribution in [1.29, 1.82) is 0 Å². The van der Waals surface area contributed by atoms with Crippen LogP contribution in [0.1, 0.15) is 0 Å². The number of aliphatic hydroxyl groups excluding tert-OH is 1. The lowest BCUT2D eigenvalue weighted by Crippen LogP contribution is -2.16. The first-order valence-electron chi connectivity index (χ1n) is 4.22. The summed E-state index contributed by atoms with van der Waals surface area (Å²) in [6.07, 6.45) is 1.53. The second-order valence-corrected chi connectivity index (χ2v) is 7.69. The molecule has 1 aromatic rings. The fraction of sp³-hybridized carbons (Fsp3) is 0.571. The van der Waals surface area contributed by atoms with Crippen molar-refractivity contribution >= 4 is 63.2 Å². The highest BCUT2D eigenvalue weighted by molar-refractivity contribution is 8.22. The molecule has 0 aliphatic rings. The van der Waals surface area contributed by atoms with Crippen LogP contribution in [0.2, 0.25) is 0 Å². The Morgan fingerprint density at radius 3 is 2.75 bits per heavy atom. The number of thioether (sulfide) groups is 3. The van der Waals surface area contributed by atoms with Gasteiger partial charge in [-0.15, -0.1) is 10.2 Å². The number of hydrogen-bond donors (Lipinski definition) is 2. The lowest BCUT2D eigenvalue weighted by Gasteiger charge is -2.06. The van der Waals surface area contributed by atoms with Gasteiger partial charge in [0.25, 0.3) is 0 Å². The van der Waals surface area contributed by atoms with Gasteiger partial charge in [-0.25, -0.2) is 0 Å². The number of nitrogens with two attached hydrogens (primary N) is 1.